The number of aliphatic carboxylic acids is 1. The molecule has 0 radical (unpaired) electrons. The number of carboxylic acids is 2. The summed E-state index contributed by atoms with van der Waals surface area (Å²) in [6.07, 6.45) is 5.36. The first-order valence-electron chi connectivity index (χ1n) is 40.5. The summed E-state index contributed by atoms with van der Waals surface area (Å²) in [6.45, 7) is 12.2. The zero-order valence-electron chi connectivity index (χ0n) is 67.0. The number of pyridine rings is 1. The van der Waals surface area contributed by atoms with Crippen molar-refractivity contribution in [2.24, 2.45) is 33.8 Å². The Balaban J connectivity index is 0.660. The standard InChI is InChI=1S/C85H104N14O18S/c1-50(2)59(37-56(100)16-7-6-10-32-98-68(102)27-28-69(98)103)76(108)89-62(19-12-30-87-79(86)113)64(101)36-52-21-23-53(24-22-52)42-115-81(114)95(31-13-15-55-39-97(94-93-55)41-65-71(104)72(105)73(106)74(117-65)78(111)112)34-35-116-85-46-82(4)43-83(5,47-85)45-84(44-82,48-85)49-99-51(3)60(38-88-99)57-25-26-67(91-70(57)77(109)110)96-33-29-54-14-11-17-58(61(54)40-96)75(107)92-80-90-63-18-8-9-20-66(63)118-80/h8-9,11,14,17-18,20-28,38-39,50,59,62,65,71-74,104-106H,6-7,10,12-13,15-16,19,29-37,40-49H2,1-5H3,(H,89,108)(H,109,110)(H,111,112)(H3,86,87,113)(H,90,92,107)/t59-,62-,65-,71-,72+,73-,74-,82?,83?,84?,85?/m0/s1. The summed E-state index contributed by atoms with van der Waals surface area (Å²) in [4.78, 5) is 145. The minimum absolute atomic E-state index is 0.0522. The lowest BCUT2D eigenvalue weighted by atomic mass is 9.39. The molecule has 7 aromatic rings. The second-order valence-electron chi connectivity index (χ2n) is 33.9. The first-order valence-corrected chi connectivity index (χ1v) is 41.3. The highest BCUT2D eigenvalue weighted by molar-refractivity contribution is 7.22. The number of aromatic carboxylic acids is 1. The van der Waals surface area contributed by atoms with Gasteiger partial charge >= 0.3 is 24.1 Å². The number of amides is 7. The first-order chi connectivity index (χ1) is 56.3. The van der Waals surface area contributed by atoms with Crippen molar-refractivity contribution in [3.63, 3.8) is 0 Å². The number of nitrogens with one attached hydrogen (secondary N) is 3. The number of aliphatic hydroxyl groups excluding tert-OH is 3. The number of aromatic nitrogens is 7. The van der Waals surface area contributed by atoms with Crippen molar-refractivity contribution in [1.29, 1.82) is 0 Å². The minimum atomic E-state index is -1.86. The van der Waals surface area contributed by atoms with E-state index < -0.39 is 78.1 Å². The Hall–Kier alpha value is -10.7. The van der Waals surface area contributed by atoms with Gasteiger partial charge < -0.3 is 65.9 Å². The number of nitrogens with zero attached hydrogens (tertiary/aromatic N) is 10. The third-order valence-electron chi connectivity index (χ3n) is 24.0. The molecule has 628 valence electrons. The number of anilines is 2. The van der Waals surface area contributed by atoms with Crippen LogP contribution in [0.4, 0.5) is 20.5 Å². The molecule has 10 N–H and O–H groups in total. The Morgan fingerprint density at radius 1 is 0.805 bits per heavy atom. The van der Waals surface area contributed by atoms with Crippen LogP contribution >= 0.6 is 11.3 Å². The fourth-order valence-corrected chi connectivity index (χ4v) is 20.3. The summed E-state index contributed by atoms with van der Waals surface area (Å²) < 4.78 is 23.1. The monoisotopic (exact) mass is 1640 g/mol. The molecular weight excluding hydrogens is 1540 g/mol. The number of ether oxygens (including phenoxy) is 3. The third kappa shape index (κ3) is 20.0. The highest BCUT2D eigenvalue weighted by Crippen LogP contribution is 2.72. The van der Waals surface area contributed by atoms with Crippen molar-refractivity contribution in [3.05, 3.63) is 148 Å². The fraction of sp³-hybridized carbons (Fsp3) is 0.518. The molecule has 4 aliphatic carbocycles. The number of aliphatic hydroxyl groups is 3. The number of fused-ring (bicyclic) bond motifs is 2. The predicted molar refractivity (Wildman–Crippen MR) is 432 cm³/mol. The van der Waals surface area contributed by atoms with E-state index in [2.05, 4.69) is 45.1 Å². The number of hydrogen-bond acceptors (Lipinski definition) is 23. The van der Waals surface area contributed by atoms with E-state index >= 15 is 0 Å². The molecule has 33 heteroatoms. The number of urea groups is 1. The molecule has 2 unspecified atom stereocenters. The lowest BCUT2D eigenvalue weighted by molar-refractivity contribution is -0.248. The van der Waals surface area contributed by atoms with Gasteiger partial charge in [-0.2, -0.15) is 5.10 Å². The molecule has 14 rings (SSSR count). The van der Waals surface area contributed by atoms with Crippen LogP contribution in [0, 0.1) is 35.0 Å². The lowest BCUT2D eigenvalue weighted by Crippen LogP contribution is -2.64. The summed E-state index contributed by atoms with van der Waals surface area (Å²) in [6, 6.07) is 22.2. The van der Waals surface area contributed by atoms with E-state index in [1.165, 1.54) is 28.2 Å². The van der Waals surface area contributed by atoms with Gasteiger partial charge in [0.05, 0.1) is 46.9 Å². The van der Waals surface area contributed by atoms with Crippen molar-refractivity contribution < 1.29 is 87.7 Å². The number of aryl methyl sites for hydroxylation is 1. The topological polar surface area (TPSA) is 446 Å². The highest BCUT2D eigenvalue weighted by atomic mass is 32.1. The smallest absolute Gasteiger partial charge is 0.410 e. The SMILES string of the molecule is Cc1c(-c2ccc(N3CCc4cccc(C(=O)Nc5nc6ccccc6s5)c4C3)nc2C(=O)O)cnn1CC12CC3(C)CC(C)(C1)CC(OCCN(CCCc1cn(C[C@@H]4O[C@H](C(=O)O)[C@@H](O)[C@H](O)[C@H]4O)nn1)C(=O)OCc1ccc(CC(=O)[C@H](CCCNC(N)=O)NC(=O)[C@@H](CC(=O)CCCCCN4C(=O)C=CC4=O)C(C)C)cc1)(C3)C2. The van der Waals surface area contributed by atoms with Crippen molar-refractivity contribution in [2.75, 3.05) is 49.5 Å². The number of ketones is 2. The Morgan fingerprint density at radius 2 is 1.55 bits per heavy atom. The number of benzene rings is 3. The van der Waals surface area contributed by atoms with Crippen LogP contribution in [-0.4, -0.2) is 211 Å². The van der Waals surface area contributed by atoms with Crippen LogP contribution < -0.4 is 26.6 Å². The molecule has 7 aliphatic rings. The number of unbranched alkanes of at least 4 members (excludes halogenated alkanes) is 2. The van der Waals surface area contributed by atoms with Gasteiger partial charge in [-0.25, -0.2) is 33.8 Å². The Kier molecular flexibility index (Phi) is 26.2. The first kappa shape index (κ1) is 85.2. The summed E-state index contributed by atoms with van der Waals surface area (Å²) in [5.74, 6) is -5.16. The van der Waals surface area contributed by atoms with Crippen LogP contribution in [0.15, 0.2) is 103 Å². The number of thiazole rings is 1. The molecule has 5 fully saturated rings. The molecule has 32 nitrogen and oxygen atoms in total. The fourth-order valence-electron chi connectivity index (χ4n) is 19.4. The molecule has 7 amide bonds. The zero-order chi connectivity index (χ0) is 84.0. The number of nitrogens with two attached hydrogens (primary N) is 1. The Morgan fingerprint density at radius 3 is 2.27 bits per heavy atom. The van der Waals surface area contributed by atoms with Crippen LogP contribution in [-0.2, 0) is 88.5 Å². The van der Waals surface area contributed by atoms with Crippen LogP contribution in [0.25, 0.3) is 21.3 Å². The molecule has 1 saturated heterocycles. The Labute approximate surface area is 686 Å². The second-order valence-corrected chi connectivity index (χ2v) is 35.0. The van der Waals surface area contributed by atoms with E-state index in [1.54, 1.807) is 53.7 Å². The molecule has 3 aliphatic heterocycles. The van der Waals surface area contributed by atoms with Crippen molar-refractivity contribution in [2.45, 2.75) is 212 Å². The molecule has 9 atom stereocenters. The third-order valence-corrected chi connectivity index (χ3v) is 25.0. The molecule has 4 saturated carbocycles. The van der Waals surface area contributed by atoms with Gasteiger partial charge in [-0.1, -0.05) is 99.2 Å². The van der Waals surface area contributed by atoms with Crippen molar-refractivity contribution >= 4 is 91.8 Å². The maximum atomic E-state index is 14.6. The van der Waals surface area contributed by atoms with Gasteiger partial charge in [0.25, 0.3) is 17.7 Å². The van der Waals surface area contributed by atoms with Crippen LogP contribution in [0.5, 0.6) is 0 Å². The molecule has 4 aromatic heterocycles. The summed E-state index contributed by atoms with van der Waals surface area (Å²) >= 11 is 1.40. The van der Waals surface area contributed by atoms with E-state index in [1.807, 2.05) is 72.8 Å². The minimum Gasteiger partial charge on any atom is -0.479 e. The van der Waals surface area contributed by atoms with Gasteiger partial charge in [0.1, 0.15) is 42.6 Å². The van der Waals surface area contributed by atoms with Crippen molar-refractivity contribution in [3.8, 4) is 11.1 Å². The number of Topliss-reactive ketones (excluding diaryl/α,β-unsaturated/α-hetero) is 2. The second kappa shape index (κ2) is 36.3. The zero-order valence-corrected chi connectivity index (χ0v) is 67.8. The van der Waals surface area contributed by atoms with Gasteiger partial charge in [0.15, 0.2) is 22.7 Å². The number of imide groups is 1. The number of primary amides is 1. The number of carbonyl (C=O) groups excluding carboxylic acids is 8. The predicted octanol–water partition coefficient (Wildman–Crippen LogP) is 8.07. The molecule has 0 spiro atoms. The normalized spacial score (nSPS) is 23.6. The average Bonchev–Trinajstić information content (AvgIpc) is 0.712. The molecule has 118 heavy (non-hydrogen) atoms. The molecular formula is C85H104N14O18S. The maximum Gasteiger partial charge on any atom is 0.410 e. The number of carbonyl (C=O) groups is 10. The van der Waals surface area contributed by atoms with Crippen LogP contribution in [0.3, 0.4) is 0 Å². The van der Waals surface area contributed by atoms with E-state index in [0.717, 1.165) is 64.0 Å². The molecule has 7 heterocycles. The van der Waals surface area contributed by atoms with Gasteiger partial charge in [0.2, 0.25) is 5.91 Å². The average molecular weight is 1640 g/mol. The van der Waals surface area contributed by atoms with Crippen LogP contribution in [0.2, 0.25) is 0 Å². The van der Waals surface area contributed by atoms with Gasteiger partial charge in [-0.15, -0.1) is 5.10 Å². The Bertz CT molecular complexity index is 4890. The van der Waals surface area contributed by atoms with Gasteiger partial charge in [-0.3, -0.25) is 43.7 Å². The molecule has 4 bridgehead atoms. The van der Waals surface area contributed by atoms with E-state index in [-0.39, 0.29) is 129 Å². The quantitative estimate of drug-likeness (QED) is 0.0130. The van der Waals surface area contributed by atoms with E-state index in [4.69, 9.17) is 30.0 Å². The number of hydrogen-bond donors (Lipinski definition) is 9. The van der Waals surface area contributed by atoms with Gasteiger partial charge in [-0.05, 0) is 165 Å². The van der Waals surface area contributed by atoms with E-state index in [0.29, 0.717) is 115 Å². The summed E-state index contributed by atoms with van der Waals surface area (Å²) in [7, 11) is 0. The summed E-state index contributed by atoms with van der Waals surface area (Å²) in [5.41, 5.74) is 10.9. The molecule has 3 aromatic carbocycles. The lowest BCUT2D eigenvalue weighted by Gasteiger charge is -2.69. The largest absolute Gasteiger partial charge is 0.479 e. The van der Waals surface area contributed by atoms with Gasteiger partial charge in [0, 0.05) is 112 Å². The highest BCUT2D eigenvalue weighted by Gasteiger charge is 2.66. The summed E-state index contributed by atoms with van der Waals surface area (Å²) in [5, 5.41) is 74.3. The number of carboxylic acid groups (broad SMARTS) is 2. The van der Waals surface area contributed by atoms with E-state index in [9.17, 15) is 73.5 Å². The van der Waals surface area contributed by atoms with Crippen molar-refractivity contribution in [1.82, 2.24) is 55.2 Å². The maximum absolute atomic E-state index is 14.6. The number of para-hydroxylation sites is 1. The number of rotatable bonds is 38. The van der Waals surface area contributed by atoms with Crippen LogP contribution in [0.1, 0.15) is 172 Å².